The number of hydrogen-bond donors (Lipinski definition) is 2. The quantitative estimate of drug-likeness (QED) is 0.623. The van der Waals surface area contributed by atoms with Gasteiger partial charge in [0.2, 0.25) is 5.91 Å². The average Bonchev–Trinajstić information content (AvgIpc) is 3.22. The van der Waals surface area contributed by atoms with E-state index >= 15 is 0 Å². The smallest absolute Gasteiger partial charge is 0.269 e. The van der Waals surface area contributed by atoms with Crippen molar-refractivity contribution >= 4 is 17.3 Å². The minimum atomic E-state index is -0.778. The molecular formula is C15H21N3O3. The van der Waals surface area contributed by atoms with Gasteiger partial charge in [-0.1, -0.05) is 0 Å². The first-order chi connectivity index (χ1) is 9.79. The van der Waals surface area contributed by atoms with Crippen molar-refractivity contribution in [3.05, 3.63) is 34.4 Å². The average molecular weight is 291 g/mol. The highest BCUT2D eigenvalue weighted by molar-refractivity contribution is 5.88. The van der Waals surface area contributed by atoms with Gasteiger partial charge in [-0.25, -0.2) is 0 Å². The summed E-state index contributed by atoms with van der Waals surface area (Å²) in [6.45, 7) is 5.62. The molecule has 2 rings (SSSR count). The van der Waals surface area contributed by atoms with Crippen LogP contribution in [0.1, 0.15) is 33.6 Å². The second kappa shape index (κ2) is 5.71. The lowest BCUT2D eigenvalue weighted by atomic mass is 10.0. The molecule has 2 N–H and O–H groups in total. The van der Waals surface area contributed by atoms with E-state index in [4.69, 9.17) is 0 Å². The van der Waals surface area contributed by atoms with Crippen LogP contribution in [0.4, 0.5) is 11.4 Å². The molecular weight excluding hydrogens is 270 g/mol. The standard InChI is InChI=1S/C15H21N3O3/c1-10(11-4-5-11)16-14(19)15(2,3)17-12-6-8-13(9-7-12)18(20)21/h6-11,17H,4-5H2,1-3H3,(H,16,19). The van der Waals surface area contributed by atoms with E-state index in [1.165, 1.54) is 25.0 Å². The van der Waals surface area contributed by atoms with Gasteiger partial charge in [-0.05, 0) is 51.7 Å². The van der Waals surface area contributed by atoms with E-state index in [2.05, 4.69) is 10.6 Å². The Morgan fingerprint density at radius 3 is 2.38 bits per heavy atom. The van der Waals surface area contributed by atoms with Crippen LogP contribution in [-0.2, 0) is 4.79 Å². The van der Waals surface area contributed by atoms with Gasteiger partial charge in [-0.2, -0.15) is 0 Å². The molecule has 21 heavy (non-hydrogen) atoms. The summed E-state index contributed by atoms with van der Waals surface area (Å²) in [6, 6.07) is 6.25. The molecule has 1 saturated carbocycles. The van der Waals surface area contributed by atoms with Gasteiger partial charge >= 0.3 is 0 Å². The molecule has 0 spiro atoms. The molecule has 1 unspecified atom stereocenters. The molecule has 1 atom stereocenters. The summed E-state index contributed by atoms with van der Waals surface area (Å²) in [6.07, 6.45) is 2.36. The van der Waals surface area contributed by atoms with E-state index in [1.54, 1.807) is 26.0 Å². The van der Waals surface area contributed by atoms with Crippen molar-refractivity contribution < 1.29 is 9.72 Å². The number of anilines is 1. The van der Waals surface area contributed by atoms with Crippen molar-refractivity contribution in [1.82, 2.24) is 5.32 Å². The lowest BCUT2D eigenvalue weighted by molar-refractivity contribution is -0.384. The van der Waals surface area contributed by atoms with Gasteiger partial charge in [0.05, 0.1) is 4.92 Å². The number of carbonyl (C=O) groups excluding carboxylic acids is 1. The fourth-order valence-corrected chi connectivity index (χ4v) is 2.19. The van der Waals surface area contributed by atoms with Crippen molar-refractivity contribution in [2.45, 2.75) is 45.2 Å². The van der Waals surface area contributed by atoms with Crippen molar-refractivity contribution in [3.8, 4) is 0 Å². The maximum absolute atomic E-state index is 12.3. The van der Waals surface area contributed by atoms with E-state index in [1.807, 2.05) is 6.92 Å². The molecule has 6 heteroatoms. The van der Waals surface area contributed by atoms with E-state index < -0.39 is 10.5 Å². The molecule has 0 radical (unpaired) electrons. The number of nitrogens with zero attached hydrogens (tertiary/aromatic N) is 1. The number of non-ortho nitro benzene ring substituents is 1. The summed E-state index contributed by atoms with van der Waals surface area (Å²) in [5, 5.41) is 16.8. The molecule has 0 heterocycles. The number of carbonyl (C=O) groups is 1. The van der Waals surface area contributed by atoms with Crippen molar-refractivity contribution in [1.29, 1.82) is 0 Å². The largest absolute Gasteiger partial charge is 0.372 e. The Hall–Kier alpha value is -2.11. The molecule has 0 aliphatic heterocycles. The van der Waals surface area contributed by atoms with Crippen LogP contribution in [-0.4, -0.2) is 22.4 Å². The summed E-state index contributed by atoms with van der Waals surface area (Å²) >= 11 is 0. The van der Waals surface area contributed by atoms with Gasteiger partial charge in [0.15, 0.2) is 0 Å². The zero-order valence-corrected chi connectivity index (χ0v) is 12.6. The Balaban J connectivity index is 1.98. The predicted octanol–water partition coefficient (Wildman–Crippen LogP) is 2.70. The van der Waals surface area contributed by atoms with Gasteiger partial charge in [0.1, 0.15) is 5.54 Å². The number of hydrogen-bond acceptors (Lipinski definition) is 4. The van der Waals surface area contributed by atoms with Gasteiger partial charge in [-0.3, -0.25) is 14.9 Å². The van der Waals surface area contributed by atoms with Crippen LogP contribution in [0.5, 0.6) is 0 Å². The Morgan fingerprint density at radius 2 is 1.90 bits per heavy atom. The lowest BCUT2D eigenvalue weighted by Crippen LogP contribution is -2.51. The zero-order chi connectivity index (χ0) is 15.6. The summed E-state index contributed by atoms with van der Waals surface area (Å²) in [4.78, 5) is 22.5. The molecule has 6 nitrogen and oxygen atoms in total. The molecule has 1 aliphatic rings. The fraction of sp³-hybridized carbons (Fsp3) is 0.533. The van der Waals surface area contributed by atoms with Crippen LogP contribution >= 0.6 is 0 Å². The third-order valence-corrected chi connectivity index (χ3v) is 3.79. The first kappa shape index (κ1) is 15.3. The second-order valence-corrected chi connectivity index (χ2v) is 6.15. The Bertz CT molecular complexity index is 536. The molecule has 1 aliphatic carbocycles. The molecule has 1 aromatic carbocycles. The number of rotatable bonds is 6. The van der Waals surface area contributed by atoms with Crippen LogP contribution in [0, 0.1) is 16.0 Å². The summed E-state index contributed by atoms with van der Waals surface area (Å²) < 4.78 is 0. The number of nitrogens with one attached hydrogen (secondary N) is 2. The third-order valence-electron chi connectivity index (χ3n) is 3.79. The van der Waals surface area contributed by atoms with E-state index in [9.17, 15) is 14.9 Å². The molecule has 0 bridgehead atoms. The first-order valence-corrected chi connectivity index (χ1v) is 7.13. The van der Waals surface area contributed by atoms with E-state index in [-0.39, 0.29) is 17.6 Å². The molecule has 1 aromatic rings. The van der Waals surface area contributed by atoms with Crippen LogP contribution in [0.15, 0.2) is 24.3 Å². The fourth-order valence-electron chi connectivity index (χ4n) is 2.19. The van der Waals surface area contributed by atoms with Crippen LogP contribution in [0.3, 0.4) is 0 Å². The Labute approximate surface area is 124 Å². The highest BCUT2D eigenvalue weighted by atomic mass is 16.6. The Kier molecular flexibility index (Phi) is 4.16. The van der Waals surface area contributed by atoms with Crippen molar-refractivity contribution in [2.75, 3.05) is 5.32 Å². The van der Waals surface area contributed by atoms with Gasteiger partial charge < -0.3 is 10.6 Å². The topological polar surface area (TPSA) is 84.3 Å². The minimum absolute atomic E-state index is 0.0326. The Morgan fingerprint density at radius 1 is 1.33 bits per heavy atom. The van der Waals surface area contributed by atoms with Crippen molar-refractivity contribution in [3.63, 3.8) is 0 Å². The molecule has 1 amide bonds. The third kappa shape index (κ3) is 3.93. The SMILES string of the molecule is CC(NC(=O)C(C)(C)Nc1ccc([N+](=O)[O-])cc1)C1CC1. The number of nitro groups is 1. The highest BCUT2D eigenvalue weighted by Crippen LogP contribution is 2.32. The predicted molar refractivity (Wildman–Crippen MR) is 81.1 cm³/mol. The number of amides is 1. The normalized spacial score (nSPS) is 16.1. The van der Waals surface area contributed by atoms with Gasteiger partial charge in [0.25, 0.3) is 5.69 Å². The van der Waals surface area contributed by atoms with Gasteiger partial charge in [0, 0.05) is 23.9 Å². The molecule has 114 valence electrons. The number of nitro benzene ring substituents is 1. The summed E-state index contributed by atoms with van der Waals surface area (Å²) in [7, 11) is 0. The van der Waals surface area contributed by atoms with Crippen LogP contribution in [0.25, 0.3) is 0 Å². The molecule has 0 aromatic heterocycles. The summed E-state index contributed by atoms with van der Waals surface area (Å²) in [5.41, 5.74) is -0.0655. The van der Waals surface area contributed by atoms with E-state index in [0.717, 1.165) is 0 Å². The van der Waals surface area contributed by atoms with E-state index in [0.29, 0.717) is 11.6 Å². The monoisotopic (exact) mass is 291 g/mol. The maximum atomic E-state index is 12.3. The lowest BCUT2D eigenvalue weighted by Gasteiger charge is -2.28. The second-order valence-electron chi connectivity index (χ2n) is 6.15. The number of benzene rings is 1. The summed E-state index contributed by atoms with van der Waals surface area (Å²) in [5.74, 6) is 0.532. The van der Waals surface area contributed by atoms with Crippen LogP contribution < -0.4 is 10.6 Å². The van der Waals surface area contributed by atoms with Gasteiger partial charge in [-0.15, -0.1) is 0 Å². The highest BCUT2D eigenvalue weighted by Gasteiger charge is 2.33. The zero-order valence-electron chi connectivity index (χ0n) is 12.6. The molecule has 0 saturated heterocycles. The maximum Gasteiger partial charge on any atom is 0.269 e. The van der Waals surface area contributed by atoms with Crippen molar-refractivity contribution in [2.24, 2.45) is 5.92 Å². The minimum Gasteiger partial charge on any atom is -0.372 e. The van der Waals surface area contributed by atoms with Crippen LogP contribution in [0.2, 0.25) is 0 Å². The first-order valence-electron chi connectivity index (χ1n) is 7.13. The molecule has 1 fully saturated rings.